The SMILES string of the molecule is N=C(N)c1ccc(CNC=O)s1. The molecule has 1 heterocycles. The Hall–Kier alpha value is -1.36. The summed E-state index contributed by atoms with van der Waals surface area (Å²) in [5.74, 6) is 0.0670. The molecule has 0 saturated carbocycles. The van der Waals surface area contributed by atoms with Crippen LogP contribution >= 0.6 is 11.3 Å². The van der Waals surface area contributed by atoms with E-state index in [9.17, 15) is 4.79 Å². The third-order valence-electron chi connectivity index (χ3n) is 1.29. The highest BCUT2D eigenvalue weighted by molar-refractivity contribution is 7.14. The van der Waals surface area contributed by atoms with Crippen LogP contribution in [-0.2, 0) is 11.3 Å². The number of thiophene rings is 1. The summed E-state index contributed by atoms with van der Waals surface area (Å²) in [5, 5.41) is 9.66. The first-order chi connectivity index (χ1) is 5.74. The molecule has 64 valence electrons. The van der Waals surface area contributed by atoms with Gasteiger partial charge in [0.1, 0.15) is 5.84 Å². The van der Waals surface area contributed by atoms with E-state index in [0.717, 1.165) is 9.75 Å². The van der Waals surface area contributed by atoms with Crippen LogP contribution in [0, 0.1) is 5.41 Å². The number of hydrogen-bond acceptors (Lipinski definition) is 3. The molecule has 0 aromatic carbocycles. The van der Waals surface area contributed by atoms with Gasteiger partial charge in [-0.25, -0.2) is 0 Å². The molecule has 1 aromatic heterocycles. The van der Waals surface area contributed by atoms with Gasteiger partial charge in [0.05, 0.1) is 11.4 Å². The summed E-state index contributed by atoms with van der Waals surface area (Å²) in [4.78, 5) is 11.7. The lowest BCUT2D eigenvalue weighted by molar-refractivity contribution is -0.109. The second kappa shape index (κ2) is 3.87. The van der Waals surface area contributed by atoms with Crippen LogP contribution in [0.1, 0.15) is 9.75 Å². The first-order valence-electron chi connectivity index (χ1n) is 3.34. The molecule has 1 aromatic rings. The van der Waals surface area contributed by atoms with Crippen LogP contribution in [-0.4, -0.2) is 12.2 Å². The van der Waals surface area contributed by atoms with Crippen molar-refractivity contribution in [3.05, 3.63) is 21.9 Å². The molecule has 5 heteroatoms. The van der Waals surface area contributed by atoms with E-state index in [1.807, 2.05) is 6.07 Å². The van der Waals surface area contributed by atoms with Crippen LogP contribution in [0.25, 0.3) is 0 Å². The lowest BCUT2D eigenvalue weighted by atomic mass is 10.4. The van der Waals surface area contributed by atoms with Crippen LogP contribution in [0.3, 0.4) is 0 Å². The maximum Gasteiger partial charge on any atom is 0.207 e. The van der Waals surface area contributed by atoms with Gasteiger partial charge in [0.15, 0.2) is 0 Å². The number of nitrogen functional groups attached to an aromatic ring is 1. The van der Waals surface area contributed by atoms with Gasteiger partial charge < -0.3 is 11.1 Å². The molecule has 4 N–H and O–H groups in total. The monoisotopic (exact) mass is 183 g/mol. The van der Waals surface area contributed by atoms with E-state index in [0.29, 0.717) is 13.0 Å². The maximum absolute atomic E-state index is 9.95. The Kier molecular flexibility index (Phi) is 2.82. The molecular formula is C7H9N3OS. The molecule has 4 nitrogen and oxygen atoms in total. The van der Waals surface area contributed by atoms with E-state index >= 15 is 0 Å². The van der Waals surface area contributed by atoms with Crippen molar-refractivity contribution in [1.29, 1.82) is 5.41 Å². The Morgan fingerprint density at radius 3 is 3.00 bits per heavy atom. The number of rotatable bonds is 4. The number of hydrogen-bond donors (Lipinski definition) is 3. The van der Waals surface area contributed by atoms with Gasteiger partial charge >= 0.3 is 0 Å². The van der Waals surface area contributed by atoms with Gasteiger partial charge in [-0.1, -0.05) is 0 Å². The zero-order chi connectivity index (χ0) is 8.97. The third-order valence-corrected chi connectivity index (χ3v) is 2.41. The van der Waals surface area contributed by atoms with Gasteiger partial charge in [0.25, 0.3) is 0 Å². The Labute approximate surface area is 73.9 Å². The number of nitrogens with two attached hydrogens (primary N) is 1. The highest BCUT2D eigenvalue weighted by atomic mass is 32.1. The summed E-state index contributed by atoms with van der Waals surface area (Å²) in [7, 11) is 0. The van der Waals surface area contributed by atoms with Crippen LogP contribution < -0.4 is 11.1 Å². The number of amides is 1. The molecule has 12 heavy (non-hydrogen) atoms. The molecular weight excluding hydrogens is 174 g/mol. The number of carbonyl (C=O) groups is 1. The predicted octanol–water partition coefficient (Wildman–Crippen LogP) is 0.278. The summed E-state index contributed by atoms with van der Waals surface area (Å²) in [6.45, 7) is 0.501. The molecule has 0 spiro atoms. The van der Waals surface area contributed by atoms with E-state index in [4.69, 9.17) is 11.1 Å². The molecule has 0 radical (unpaired) electrons. The van der Waals surface area contributed by atoms with Crippen molar-refractivity contribution in [1.82, 2.24) is 5.32 Å². The minimum Gasteiger partial charge on any atom is -0.383 e. The Morgan fingerprint density at radius 1 is 1.75 bits per heavy atom. The molecule has 0 fully saturated rings. The normalized spacial score (nSPS) is 9.33. The van der Waals surface area contributed by atoms with Gasteiger partial charge in [-0.2, -0.15) is 0 Å². The van der Waals surface area contributed by atoms with Crippen molar-refractivity contribution in [2.75, 3.05) is 0 Å². The molecule has 0 aliphatic carbocycles. The molecule has 0 aliphatic heterocycles. The average Bonchev–Trinajstić information content (AvgIpc) is 2.48. The topological polar surface area (TPSA) is 79.0 Å². The lowest BCUT2D eigenvalue weighted by Gasteiger charge is -1.92. The lowest BCUT2D eigenvalue weighted by Crippen LogP contribution is -2.09. The van der Waals surface area contributed by atoms with Crippen molar-refractivity contribution in [3.63, 3.8) is 0 Å². The van der Waals surface area contributed by atoms with Crippen molar-refractivity contribution in [3.8, 4) is 0 Å². The zero-order valence-electron chi connectivity index (χ0n) is 6.33. The van der Waals surface area contributed by atoms with Crippen LogP contribution in [0.4, 0.5) is 0 Å². The summed E-state index contributed by atoms with van der Waals surface area (Å²) in [6, 6.07) is 3.62. The average molecular weight is 183 g/mol. The standard InChI is InChI=1S/C7H9N3OS/c8-7(9)6-2-1-5(12-6)3-10-4-11/h1-2,4H,3H2,(H3,8,9)(H,10,11). The molecule has 0 unspecified atom stereocenters. The van der Waals surface area contributed by atoms with Gasteiger partial charge in [-0.05, 0) is 12.1 Å². The van der Waals surface area contributed by atoms with Gasteiger partial charge in [0, 0.05) is 4.88 Å². The fourth-order valence-corrected chi connectivity index (χ4v) is 1.58. The van der Waals surface area contributed by atoms with E-state index in [2.05, 4.69) is 5.32 Å². The highest BCUT2D eigenvalue weighted by Gasteiger charge is 2.00. The Bertz CT molecular complexity index is 295. The summed E-state index contributed by atoms with van der Waals surface area (Å²) >= 11 is 1.41. The van der Waals surface area contributed by atoms with Crippen molar-refractivity contribution in [2.24, 2.45) is 5.73 Å². The minimum atomic E-state index is 0.0670. The maximum atomic E-state index is 9.95. The first kappa shape index (κ1) is 8.73. The number of carbonyl (C=O) groups excluding carboxylic acids is 1. The Balaban J connectivity index is 2.64. The summed E-state index contributed by atoms with van der Waals surface area (Å²) in [6.07, 6.45) is 0.646. The molecule has 0 atom stereocenters. The fourth-order valence-electron chi connectivity index (χ4n) is 0.760. The van der Waals surface area contributed by atoms with Crippen molar-refractivity contribution < 1.29 is 4.79 Å². The summed E-state index contributed by atoms with van der Waals surface area (Å²) in [5.41, 5.74) is 5.26. The van der Waals surface area contributed by atoms with E-state index < -0.39 is 0 Å². The number of nitrogens with one attached hydrogen (secondary N) is 2. The quantitative estimate of drug-likeness (QED) is 0.356. The van der Waals surface area contributed by atoms with Crippen LogP contribution in [0.2, 0.25) is 0 Å². The van der Waals surface area contributed by atoms with E-state index in [1.54, 1.807) is 6.07 Å². The molecule has 1 rings (SSSR count). The summed E-state index contributed by atoms with van der Waals surface area (Å²) < 4.78 is 0. The van der Waals surface area contributed by atoms with Crippen LogP contribution in [0.15, 0.2) is 12.1 Å². The zero-order valence-corrected chi connectivity index (χ0v) is 7.15. The van der Waals surface area contributed by atoms with Gasteiger partial charge in [-0.15, -0.1) is 11.3 Å². The molecule has 0 aliphatic rings. The first-order valence-corrected chi connectivity index (χ1v) is 4.16. The van der Waals surface area contributed by atoms with E-state index in [1.165, 1.54) is 11.3 Å². The third kappa shape index (κ3) is 2.06. The highest BCUT2D eigenvalue weighted by Crippen LogP contribution is 2.14. The number of amidine groups is 1. The second-order valence-corrected chi connectivity index (χ2v) is 3.35. The van der Waals surface area contributed by atoms with Crippen LogP contribution in [0.5, 0.6) is 0 Å². The minimum absolute atomic E-state index is 0.0670. The molecule has 0 saturated heterocycles. The van der Waals surface area contributed by atoms with Gasteiger partial charge in [0.2, 0.25) is 6.41 Å². The smallest absolute Gasteiger partial charge is 0.207 e. The van der Waals surface area contributed by atoms with Gasteiger partial charge in [-0.3, -0.25) is 10.2 Å². The Morgan fingerprint density at radius 2 is 2.50 bits per heavy atom. The van der Waals surface area contributed by atoms with Crippen molar-refractivity contribution >= 4 is 23.6 Å². The predicted molar refractivity (Wildman–Crippen MR) is 48.2 cm³/mol. The van der Waals surface area contributed by atoms with Crippen molar-refractivity contribution in [2.45, 2.75) is 6.54 Å². The fraction of sp³-hybridized carbons (Fsp3) is 0.143. The van der Waals surface area contributed by atoms with E-state index in [-0.39, 0.29) is 5.84 Å². The second-order valence-electron chi connectivity index (χ2n) is 2.18. The largest absolute Gasteiger partial charge is 0.383 e. The molecule has 1 amide bonds. The molecule has 0 bridgehead atoms.